The molecule has 0 aromatic heterocycles. The predicted octanol–water partition coefficient (Wildman–Crippen LogP) is 3.45. The largest absolute Gasteiger partial charge is 0.490 e. The molecule has 4 nitrogen and oxygen atoms in total. The number of hydrogen-bond donors (Lipinski definition) is 1. The van der Waals surface area contributed by atoms with E-state index in [-0.39, 0.29) is 6.03 Å². The lowest BCUT2D eigenvalue weighted by atomic mass is 10.1. The van der Waals surface area contributed by atoms with Crippen molar-refractivity contribution in [1.82, 2.24) is 10.2 Å². The van der Waals surface area contributed by atoms with Gasteiger partial charge in [-0.3, -0.25) is 0 Å². The van der Waals surface area contributed by atoms with Gasteiger partial charge in [-0.1, -0.05) is 36.4 Å². The third kappa shape index (κ3) is 3.31. The Hall–Kier alpha value is -2.49. The molecule has 2 aromatic carbocycles. The number of rotatable bonds is 4. The van der Waals surface area contributed by atoms with E-state index < -0.39 is 0 Å². The van der Waals surface area contributed by atoms with Crippen LogP contribution in [0, 0.1) is 0 Å². The number of carbonyl (C=O) groups is 1. The molecule has 1 heterocycles. The quantitative estimate of drug-likeness (QED) is 0.940. The van der Waals surface area contributed by atoms with Crippen LogP contribution >= 0.6 is 0 Å². The van der Waals surface area contributed by atoms with E-state index in [0.29, 0.717) is 25.7 Å². The Morgan fingerprint density at radius 2 is 1.78 bits per heavy atom. The van der Waals surface area contributed by atoms with Crippen molar-refractivity contribution in [2.45, 2.75) is 38.6 Å². The van der Waals surface area contributed by atoms with Crippen LogP contribution in [0.25, 0.3) is 0 Å². The topological polar surface area (TPSA) is 41.6 Å². The van der Waals surface area contributed by atoms with Crippen molar-refractivity contribution < 1.29 is 9.53 Å². The van der Waals surface area contributed by atoms with Gasteiger partial charge in [0.25, 0.3) is 0 Å². The van der Waals surface area contributed by atoms with Crippen LogP contribution in [0.1, 0.15) is 29.5 Å². The van der Waals surface area contributed by atoms with E-state index in [9.17, 15) is 4.79 Å². The summed E-state index contributed by atoms with van der Waals surface area (Å²) < 4.78 is 5.76. The molecule has 1 N–H and O–H groups in total. The number of fused-ring (bicyclic) bond motifs is 1. The highest BCUT2D eigenvalue weighted by Gasteiger charge is 2.23. The number of benzene rings is 2. The third-order valence-electron chi connectivity index (χ3n) is 4.32. The summed E-state index contributed by atoms with van der Waals surface area (Å²) in [6.45, 7) is 1.84. The number of nitrogens with one attached hydrogen (secondary N) is 1. The number of urea groups is 1. The molecule has 0 atom stereocenters. The fraction of sp³-hybridized carbons (Fsp3) is 0.316. The number of carbonyl (C=O) groups excluding carboxylic acids is 1. The van der Waals surface area contributed by atoms with Crippen LogP contribution in [0.3, 0.4) is 0 Å². The summed E-state index contributed by atoms with van der Waals surface area (Å²) in [6.07, 6.45) is 2.73. The van der Waals surface area contributed by atoms with Crippen molar-refractivity contribution in [3.63, 3.8) is 0 Å². The number of amides is 2. The van der Waals surface area contributed by atoms with Crippen LogP contribution in [0.2, 0.25) is 0 Å². The Labute approximate surface area is 136 Å². The maximum Gasteiger partial charge on any atom is 0.318 e. The molecular weight excluding hydrogens is 288 g/mol. The maximum atomic E-state index is 12.3. The average molecular weight is 308 g/mol. The molecule has 4 rings (SSSR count). The summed E-state index contributed by atoms with van der Waals surface area (Å²) in [7, 11) is 0. The van der Waals surface area contributed by atoms with Crippen molar-refractivity contribution in [3.8, 4) is 5.75 Å². The van der Waals surface area contributed by atoms with E-state index in [1.807, 2.05) is 41.3 Å². The smallest absolute Gasteiger partial charge is 0.318 e. The molecule has 4 heteroatoms. The Morgan fingerprint density at radius 1 is 1.04 bits per heavy atom. The zero-order valence-electron chi connectivity index (χ0n) is 13.0. The summed E-state index contributed by atoms with van der Waals surface area (Å²) in [5.41, 5.74) is 3.51. The van der Waals surface area contributed by atoms with Gasteiger partial charge in [-0.15, -0.1) is 0 Å². The molecule has 1 saturated carbocycles. The first-order valence-corrected chi connectivity index (χ1v) is 8.13. The van der Waals surface area contributed by atoms with Gasteiger partial charge in [0.05, 0.1) is 6.10 Å². The molecule has 2 amide bonds. The Bertz CT molecular complexity index is 708. The van der Waals surface area contributed by atoms with Gasteiger partial charge in [-0.25, -0.2) is 4.79 Å². The lowest BCUT2D eigenvalue weighted by molar-refractivity contribution is 0.194. The Morgan fingerprint density at radius 3 is 2.52 bits per heavy atom. The molecule has 1 aliphatic carbocycles. The van der Waals surface area contributed by atoms with Crippen LogP contribution < -0.4 is 10.1 Å². The normalized spacial score (nSPS) is 17.2. The zero-order chi connectivity index (χ0) is 15.6. The minimum Gasteiger partial charge on any atom is -0.490 e. The lowest BCUT2D eigenvalue weighted by Gasteiger charge is -2.21. The SMILES string of the molecule is O=C1NCc2ccccc2CN1Cc1ccc(OC2CC2)cc1. The molecule has 0 radical (unpaired) electrons. The summed E-state index contributed by atoms with van der Waals surface area (Å²) in [5, 5.41) is 2.98. The summed E-state index contributed by atoms with van der Waals surface area (Å²) in [5.74, 6) is 0.918. The van der Waals surface area contributed by atoms with Gasteiger partial charge >= 0.3 is 6.03 Å². The molecule has 2 aliphatic rings. The maximum absolute atomic E-state index is 12.3. The van der Waals surface area contributed by atoms with Crippen LogP contribution in [0.4, 0.5) is 4.79 Å². The molecule has 1 aliphatic heterocycles. The van der Waals surface area contributed by atoms with Crippen LogP contribution in [0.5, 0.6) is 5.75 Å². The summed E-state index contributed by atoms with van der Waals surface area (Å²) >= 11 is 0. The van der Waals surface area contributed by atoms with Crippen molar-refractivity contribution in [1.29, 1.82) is 0 Å². The molecule has 0 unspecified atom stereocenters. The van der Waals surface area contributed by atoms with Gasteiger partial charge in [0.15, 0.2) is 0 Å². The van der Waals surface area contributed by atoms with Crippen molar-refractivity contribution in [3.05, 3.63) is 65.2 Å². The molecule has 118 valence electrons. The van der Waals surface area contributed by atoms with Gasteiger partial charge in [0, 0.05) is 19.6 Å². The highest BCUT2D eigenvalue weighted by molar-refractivity contribution is 5.75. The van der Waals surface area contributed by atoms with E-state index in [2.05, 4.69) is 17.4 Å². The lowest BCUT2D eigenvalue weighted by Crippen LogP contribution is -2.36. The minimum atomic E-state index is -0.0143. The predicted molar refractivity (Wildman–Crippen MR) is 88.0 cm³/mol. The second-order valence-electron chi connectivity index (χ2n) is 6.24. The molecule has 23 heavy (non-hydrogen) atoms. The number of nitrogens with zero attached hydrogens (tertiary/aromatic N) is 1. The standard InChI is InChI=1S/C19H20N2O2/c22-19-20-11-15-3-1-2-4-16(15)13-21(19)12-14-5-7-17(8-6-14)23-18-9-10-18/h1-8,18H,9-13H2,(H,20,22). The van der Waals surface area contributed by atoms with Crippen LogP contribution in [-0.4, -0.2) is 17.0 Å². The van der Waals surface area contributed by atoms with Gasteiger partial charge in [-0.2, -0.15) is 0 Å². The van der Waals surface area contributed by atoms with Crippen molar-refractivity contribution in [2.75, 3.05) is 0 Å². The minimum absolute atomic E-state index is 0.0143. The second-order valence-corrected chi connectivity index (χ2v) is 6.24. The molecule has 2 aromatic rings. The summed E-state index contributed by atoms with van der Waals surface area (Å²) in [6, 6.07) is 16.3. The number of hydrogen-bond acceptors (Lipinski definition) is 2. The monoisotopic (exact) mass is 308 g/mol. The molecular formula is C19H20N2O2. The molecule has 0 spiro atoms. The first-order valence-electron chi connectivity index (χ1n) is 8.13. The van der Waals surface area contributed by atoms with Gasteiger partial charge in [0.1, 0.15) is 5.75 Å². The number of ether oxygens (including phenoxy) is 1. The average Bonchev–Trinajstić information content (AvgIpc) is 3.39. The van der Waals surface area contributed by atoms with Crippen molar-refractivity contribution >= 4 is 6.03 Å². The highest BCUT2D eigenvalue weighted by Crippen LogP contribution is 2.27. The fourth-order valence-corrected chi connectivity index (χ4v) is 2.84. The second kappa shape index (κ2) is 5.95. The Kier molecular flexibility index (Phi) is 3.66. The van der Waals surface area contributed by atoms with Crippen LogP contribution in [-0.2, 0) is 19.6 Å². The molecule has 0 bridgehead atoms. The highest BCUT2D eigenvalue weighted by atomic mass is 16.5. The first-order chi connectivity index (χ1) is 11.3. The zero-order valence-corrected chi connectivity index (χ0v) is 13.0. The van der Waals surface area contributed by atoms with E-state index >= 15 is 0 Å². The summed E-state index contributed by atoms with van der Waals surface area (Å²) in [4.78, 5) is 14.1. The van der Waals surface area contributed by atoms with Crippen LogP contribution in [0.15, 0.2) is 48.5 Å². The van der Waals surface area contributed by atoms with E-state index in [4.69, 9.17) is 4.74 Å². The van der Waals surface area contributed by atoms with Gasteiger partial charge in [0.2, 0.25) is 0 Å². The van der Waals surface area contributed by atoms with Gasteiger partial charge in [-0.05, 0) is 41.7 Å². The molecule has 1 fully saturated rings. The van der Waals surface area contributed by atoms with Crippen molar-refractivity contribution in [2.24, 2.45) is 0 Å². The molecule has 0 saturated heterocycles. The van der Waals surface area contributed by atoms with Gasteiger partial charge < -0.3 is 15.0 Å². The van der Waals surface area contributed by atoms with E-state index in [1.54, 1.807) is 0 Å². The Balaban J connectivity index is 1.47. The first kappa shape index (κ1) is 14.1. The fourth-order valence-electron chi connectivity index (χ4n) is 2.84. The van der Waals surface area contributed by atoms with E-state index in [0.717, 1.165) is 24.2 Å². The van der Waals surface area contributed by atoms with E-state index in [1.165, 1.54) is 11.1 Å². The third-order valence-corrected chi connectivity index (χ3v) is 4.32.